The summed E-state index contributed by atoms with van der Waals surface area (Å²) >= 11 is 0. The van der Waals surface area contributed by atoms with E-state index in [2.05, 4.69) is 5.32 Å². The first-order chi connectivity index (χ1) is 13.7. The molecule has 3 unspecified atom stereocenters. The Balaban J connectivity index is 2.52. The average molecular weight is 396 g/mol. The van der Waals surface area contributed by atoms with Gasteiger partial charge in [-0.05, 0) is 29.8 Å². The zero-order valence-corrected chi connectivity index (χ0v) is 16.0. The highest BCUT2D eigenvalue weighted by Gasteiger charge is 2.48. The number of nitrogen functional groups attached to an aromatic ring is 1. The summed E-state index contributed by atoms with van der Waals surface area (Å²) in [6, 6.07) is 14.5. The van der Waals surface area contributed by atoms with Crippen molar-refractivity contribution in [3.63, 3.8) is 0 Å². The van der Waals surface area contributed by atoms with Crippen molar-refractivity contribution in [3.8, 4) is 0 Å². The van der Waals surface area contributed by atoms with Gasteiger partial charge >= 0.3 is 5.97 Å². The SMILES string of the molecule is CC(CC=O)C(=O)C(c1ccccc1)C(N)(Nc1ccc(C(=N)N)cc1)C(=O)O. The van der Waals surface area contributed by atoms with Gasteiger partial charge in [0.25, 0.3) is 0 Å². The molecule has 0 aliphatic heterocycles. The summed E-state index contributed by atoms with van der Waals surface area (Å²) in [4.78, 5) is 36.3. The van der Waals surface area contributed by atoms with Crippen LogP contribution in [0.3, 0.4) is 0 Å². The Bertz CT molecular complexity index is 899. The second-order valence-corrected chi connectivity index (χ2v) is 6.84. The van der Waals surface area contributed by atoms with Crippen LogP contribution in [-0.2, 0) is 14.4 Å². The summed E-state index contributed by atoms with van der Waals surface area (Å²) < 4.78 is 0. The number of hydrogen-bond acceptors (Lipinski definition) is 6. The van der Waals surface area contributed by atoms with E-state index in [4.69, 9.17) is 16.9 Å². The summed E-state index contributed by atoms with van der Waals surface area (Å²) in [5.41, 5.74) is 10.8. The molecule has 3 atom stereocenters. The summed E-state index contributed by atoms with van der Waals surface area (Å²) in [6.07, 6.45) is 0.586. The Hall–Kier alpha value is -3.52. The number of hydrogen-bond donors (Lipinski definition) is 5. The molecule has 0 bridgehead atoms. The van der Waals surface area contributed by atoms with Gasteiger partial charge in [0.2, 0.25) is 0 Å². The first-order valence-corrected chi connectivity index (χ1v) is 8.98. The molecule has 152 valence electrons. The third kappa shape index (κ3) is 4.85. The third-order valence-corrected chi connectivity index (χ3v) is 4.71. The van der Waals surface area contributed by atoms with Crippen molar-refractivity contribution in [1.29, 1.82) is 5.41 Å². The predicted octanol–water partition coefficient (Wildman–Crippen LogP) is 1.70. The van der Waals surface area contributed by atoms with Gasteiger partial charge in [0.15, 0.2) is 5.66 Å². The normalized spacial score (nSPS) is 14.8. The number of amidine groups is 1. The molecule has 0 heterocycles. The van der Waals surface area contributed by atoms with Crippen LogP contribution in [0.25, 0.3) is 0 Å². The Morgan fingerprint density at radius 3 is 2.24 bits per heavy atom. The van der Waals surface area contributed by atoms with Crippen molar-refractivity contribution in [2.75, 3.05) is 5.32 Å². The Labute approximate surface area is 168 Å². The van der Waals surface area contributed by atoms with Crippen LogP contribution in [0.1, 0.15) is 30.4 Å². The number of carboxylic acid groups (broad SMARTS) is 1. The van der Waals surface area contributed by atoms with Crippen molar-refractivity contribution >= 4 is 29.6 Å². The maximum Gasteiger partial charge on any atom is 0.345 e. The van der Waals surface area contributed by atoms with Gasteiger partial charge in [-0.15, -0.1) is 0 Å². The fraction of sp³-hybridized carbons (Fsp3) is 0.238. The van der Waals surface area contributed by atoms with E-state index >= 15 is 0 Å². The van der Waals surface area contributed by atoms with E-state index in [-0.39, 0.29) is 12.3 Å². The number of anilines is 1. The monoisotopic (exact) mass is 396 g/mol. The van der Waals surface area contributed by atoms with E-state index in [0.29, 0.717) is 23.1 Å². The van der Waals surface area contributed by atoms with Crippen molar-refractivity contribution in [1.82, 2.24) is 0 Å². The highest BCUT2D eigenvalue weighted by molar-refractivity contribution is 5.98. The molecule has 0 saturated carbocycles. The second-order valence-electron chi connectivity index (χ2n) is 6.84. The van der Waals surface area contributed by atoms with Crippen LogP contribution < -0.4 is 16.8 Å². The van der Waals surface area contributed by atoms with Crippen molar-refractivity contribution in [3.05, 3.63) is 65.7 Å². The largest absolute Gasteiger partial charge is 0.478 e. The molecular weight excluding hydrogens is 372 g/mol. The second kappa shape index (κ2) is 9.11. The molecule has 0 aliphatic rings. The van der Waals surface area contributed by atoms with E-state index in [1.54, 1.807) is 49.4 Å². The summed E-state index contributed by atoms with van der Waals surface area (Å²) in [5, 5.41) is 20.2. The molecule has 2 aromatic rings. The highest BCUT2D eigenvalue weighted by atomic mass is 16.4. The Kier molecular flexibility index (Phi) is 6.84. The molecule has 0 fully saturated rings. The Morgan fingerprint density at radius 2 is 1.76 bits per heavy atom. The number of benzene rings is 2. The number of nitrogens with one attached hydrogen (secondary N) is 2. The van der Waals surface area contributed by atoms with Crippen molar-refractivity contribution in [2.45, 2.75) is 24.9 Å². The lowest BCUT2D eigenvalue weighted by Gasteiger charge is -2.35. The van der Waals surface area contributed by atoms with E-state index in [1.165, 1.54) is 12.1 Å². The highest BCUT2D eigenvalue weighted by Crippen LogP contribution is 2.32. The van der Waals surface area contributed by atoms with Crippen LogP contribution in [0.2, 0.25) is 0 Å². The average Bonchev–Trinajstić information content (AvgIpc) is 2.69. The minimum absolute atomic E-state index is 0.0365. The summed E-state index contributed by atoms with van der Waals surface area (Å²) in [6.45, 7) is 1.57. The molecule has 0 aliphatic carbocycles. The first-order valence-electron chi connectivity index (χ1n) is 8.98. The van der Waals surface area contributed by atoms with Gasteiger partial charge in [-0.25, -0.2) is 4.79 Å². The number of ketones is 1. The number of aliphatic carboxylic acids is 1. The fourth-order valence-electron chi connectivity index (χ4n) is 3.06. The lowest BCUT2D eigenvalue weighted by molar-refractivity contribution is -0.146. The molecule has 0 radical (unpaired) electrons. The molecule has 0 spiro atoms. The van der Waals surface area contributed by atoms with Crippen molar-refractivity contribution < 1.29 is 19.5 Å². The number of carbonyl (C=O) groups is 3. The minimum atomic E-state index is -2.17. The third-order valence-electron chi connectivity index (χ3n) is 4.71. The number of carbonyl (C=O) groups excluding carboxylic acids is 2. The molecule has 8 nitrogen and oxygen atoms in total. The molecular formula is C21H24N4O4. The molecule has 7 N–H and O–H groups in total. The van der Waals surface area contributed by atoms with E-state index < -0.39 is 29.3 Å². The van der Waals surface area contributed by atoms with E-state index in [1.807, 2.05) is 0 Å². The number of aldehydes is 1. The van der Waals surface area contributed by atoms with Gasteiger partial charge < -0.3 is 21.0 Å². The quantitative estimate of drug-likeness (QED) is 0.177. The topological polar surface area (TPSA) is 159 Å². The van der Waals surface area contributed by atoms with Gasteiger partial charge in [-0.3, -0.25) is 15.9 Å². The Morgan fingerprint density at radius 1 is 1.17 bits per heavy atom. The molecule has 0 amide bonds. The molecule has 0 saturated heterocycles. The van der Waals surface area contributed by atoms with Gasteiger partial charge in [0.1, 0.15) is 17.9 Å². The maximum absolute atomic E-state index is 13.1. The van der Waals surface area contributed by atoms with Crippen LogP contribution in [0.5, 0.6) is 0 Å². The minimum Gasteiger partial charge on any atom is -0.478 e. The van der Waals surface area contributed by atoms with Crippen LogP contribution >= 0.6 is 0 Å². The number of nitrogens with two attached hydrogens (primary N) is 2. The number of Topliss-reactive ketones (excluding diaryl/α,β-unsaturated/α-hetero) is 1. The van der Waals surface area contributed by atoms with Crippen molar-refractivity contribution in [2.24, 2.45) is 17.4 Å². The van der Waals surface area contributed by atoms with Crippen LogP contribution in [0, 0.1) is 11.3 Å². The van der Waals surface area contributed by atoms with Gasteiger partial charge in [-0.1, -0.05) is 37.3 Å². The summed E-state index contributed by atoms with van der Waals surface area (Å²) in [7, 11) is 0. The van der Waals surface area contributed by atoms with E-state index in [0.717, 1.165) is 0 Å². The predicted molar refractivity (Wildman–Crippen MR) is 110 cm³/mol. The van der Waals surface area contributed by atoms with Gasteiger partial charge in [0, 0.05) is 23.6 Å². The van der Waals surface area contributed by atoms with Gasteiger partial charge in [-0.2, -0.15) is 0 Å². The van der Waals surface area contributed by atoms with E-state index in [9.17, 15) is 19.5 Å². The van der Waals surface area contributed by atoms with Crippen LogP contribution in [0.15, 0.2) is 54.6 Å². The fourth-order valence-corrected chi connectivity index (χ4v) is 3.06. The lowest BCUT2D eigenvalue weighted by atomic mass is 9.78. The van der Waals surface area contributed by atoms with Gasteiger partial charge in [0.05, 0.1) is 5.92 Å². The standard InChI is InChI=1S/C21H24N4O4/c1-13(11-12-26)18(27)17(14-5-3-2-4-6-14)21(24,20(28)29)25-16-9-7-15(8-10-16)19(22)23/h2-10,12-13,17,25H,11,24H2,1H3,(H3,22,23)(H,28,29). The lowest BCUT2D eigenvalue weighted by Crippen LogP contribution is -2.61. The smallest absolute Gasteiger partial charge is 0.345 e. The van der Waals surface area contributed by atoms with Crippen LogP contribution in [-0.4, -0.2) is 34.6 Å². The zero-order chi connectivity index (χ0) is 21.6. The number of rotatable bonds is 10. The summed E-state index contributed by atoms with van der Waals surface area (Å²) in [5.74, 6) is -3.96. The number of carboxylic acids is 1. The zero-order valence-electron chi connectivity index (χ0n) is 16.0. The molecule has 8 heteroatoms. The molecule has 2 rings (SSSR count). The maximum atomic E-state index is 13.1. The van der Waals surface area contributed by atoms with Crippen LogP contribution in [0.4, 0.5) is 5.69 Å². The molecule has 29 heavy (non-hydrogen) atoms. The molecule has 0 aromatic heterocycles. The first kappa shape index (κ1) is 21.8. The molecule has 2 aromatic carbocycles.